The maximum atomic E-state index is 5.57. The fraction of sp³-hybridized carbons (Fsp3) is 0.556. The molecule has 62 valence electrons. The molecule has 1 aromatic rings. The van der Waals surface area contributed by atoms with Crippen LogP contribution < -0.4 is 5.73 Å². The van der Waals surface area contributed by atoms with Crippen molar-refractivity contribution in [3.63, 3.8) is 0 Å². The van der Waals surface area contributed by atoms with Crippen molar-refractivity contribution in [2.75, 3.05) is 6.54 Å². The van der Waals surface area contributed by atoms with E-state index in [-0.39, 0.29) is 0 Å². The molecule has 1 heterocycles. The number of H-pyrrole nitrogens is 1. The van der Waals surface area contributed by atoms with Crippen LogP contribution in [0.4, 0.5) is 0 Å². The first-order valence-electron chi connectivity index (χ1n) is 4.01. The minimum atomic E-state index is 0.472. The number of nitrogens with two attached hydrogens (primary N) is 1. The van der Waals surface area contributed by atoms with Gasteiger partial charge in [-0.25, -0.2) is 0 Å². The molecule has 0 aliphatic heterocycles. The molecule has 1 unspecified atom stereocenters. The minimum Gasteiger partial charge on any atom is -0.365 e. The van der Waals surface area contributed by atoms with Crippen LogP contribution in [0, 0.1) is 13.8 Å². The van der Waals surface area contributed by atoms with Crippen LogP contribution in [0.3, 0.4) is 0 Å². The van der Waals surface area contributed by atoms with Gasteiger partial charge in [-0.1, -0.05) is 6.92 Å². The van der Waals surface area contributed by atoms with Crippen molar-refractivity contribution in [3.05, 3.63) is 23.0 Å². The Hall–Kier alpha value is -0.760. The lowest BCUT2D eigenvalue weighted by molar-refractivity contribution is 0.770. The summed E-state index contributed by atoms with van der Waals surface area (Å²) in [5, 5.41) is 0. The molecule has 0 aliphatic rings. The van der Waals surface area contributed by atoms with Crippen LogP contribution in [0.2, 0.25) is 0 Å². The van der Waals surface area contributed by atoms with E-state index in [1.54, 1.807) is 0 Å². The average Bonchev–Trinajstić information content (AvgIpc) is 2.32. The molecule has 3 N–H and O–H groups in total. The van der Waals surface area contributed by atoms with Gasteiger partial charge in [-0.15, -0.1) is 0 Å². The van der Waals surface area contributed by atoms with Crippen molar-refractivity contribution in [3.8, 4) is 0 Å². The fourth-order valence-electron chi connectivity index (χ4n) is 1.26. The van der Waals surface area contributed by atoms with Crippen LogP contribution in [-0.4, -0.2) is 11.5 Å². The summed E-state index contributed by atoms with van der Waals surface area (Å²) < 4.78 is 0. The van der Waals surface area contributed by atoms with Gasteiger partial charge in [0.05, 0.1) is 0 Å². The van der Waals surface area contributed by atoms with E-state index in [4.69, 9.17) is 5.73 Å². The van der Waals surface area contributed by atoms with E-state index < -0.39 is 0 Å². The normalized spacial score (nSPS) is 13.5. The Morgan fingerprint density at radius 2 is 2.18 bits per heavy atom. The van der Waals surface area contributed by atoms with Crippen LogP contribution >= 0.6 is 0 Å². The highest BCUT2D eigenvalue weighted by atomic mass is 14.7. The second-order valence-electron chi connectivity index (χ2n) is 3.13. The Balaban J connectivity index is 2.94. The van der Waals surface area contributed by atoms with Crippen molar-refractivity contribution in [1.29, 1.82) is 0 Å². The third-order valence-corrected chi connectivity index (χ3v) is 2.32. The van der Waals surface area contributed by atoms with Crippen LogP contribution in [-0.2, 0) is 0 Å². The summed E-state index contributed by atoms with van der Waals surface area (Å²) in [6, 6.07) is 0. The molecule has 11 heavy (non-hydrogen) atoms. The van der Waals surface area contributed by atoms with Crippen LogP contribution in [0.25, 0.3) is 0 Å². The summed E-state index contributed by atoms with van der Waals surface area (Å²) in [5.74, 6) is 0.472. The summed E-state index contributed by atoms with van der Waals surface area (Å²) in [4.78, 5) is 3.20. The molecule has 1 rings (SSSR count). The molecule has 0 fully saturated rings. The Morgan fingerprint density at radius 1 is 1.55 bits per heavy atom. The molecule has 1 aromatic heterocycles. The lowest BCUT2D eigenvalue weighted by Gasteiger charge is -2.06. The maximum Gasteiger partial charge on any atom is 0.0148 e. The maximum absolute atomic E-state index is 5.57. The van der Waals surface area contributed by atoms with Gasteiger partial charge in [0.15, 0.2) is 0 Å². The SMILES string of the molecule is Cc1[nH]cc(C(C)CN)c1C. The Bertz CT molecular complexity index is 238. The Morgan fingerprint density at radius 3 is 2.55 bits per heavy atom. The minimum absolute atomic E-state index is 0.472. The molecule has 2 nitrogen and oxygen atoms in total. The third-order valence-electron chi connectivity index (χ3n) is 2.32. The second-order valence-corrected chi connectivity index (χ2v) is 3.13. The zero-order valence-corrected chi connectivity index (χ0v) is 7.44. The lowest BCUT2D eigenvalue weighted by Crippen LogP contribution is -2.08. The van der Waals surface area contributed by atoms with Crippen LogP contribution in [0.5, 0.6) is 0 Å². The summed E-state index contributed by atoms with van der Waals surface area (Å²) in [7, 11) is 0. The van der Waals surface area contributed by atoms with Crippen LogP contribution in [0.1, 0.15) is 29.7 Å². The van der Waals surface area contributed by atoms with Gasteiger partial charge in [-0.05, 0) is 37.4 Å². The molecule has 0 aromatic carbocycles. The number of rotatable bonds is 2. The highest BCUT2D eigenvalue weighted by molar-refractivity contribution is 5.31. The van der Waals surface area contributed by atoms with E-state index in [1.807, 2.05) is 0 Å². The molecule has 2 heteroatoms. The largest absolute Gasteiger partial charge is 0.365 e. The van der Waals surface area contributed by atoms with Crippen molar-refractivity contribution in [2.45, 2.75) is 26.7 Å². The van der Waals surface area contributed by atoms with E-state index in [1.165, 1.54) is 16.8 Å². The smallest absolute Gasteiger partial charge is 0.0148 e. The highest BCUT2D eigenvalue weighted by Gasteiger charge is 2.08. The van der Waals surface area contributed by atoms with Crippen molar-refractivity contribution in [2.24, 2.45) is 5.73 Å². The molecular weight excluding hydrogens is 136 g/mol. The zero-order valence-electron chi connectivity index (χ0n) is 7.44. The van der Waals surface area contributed by atoms with E-state index in [9.17, 15) is 0 Å². The highest BCUT2D eigenvalue weighted by Crippen LogP contribution is 2.20. The average molecular weight is 152 g/mol. The molecule has 0 saturated carbocycles. The van der Waals surface area contributed by atoms with Gasteiger partial charge < -0.3 is 10.7 Å². The molecule has 0 amide bonds. The number of hydrogen-bond donors (Lipinski definition) is 2. The quantitative estimate of drug-likeness (QED) is 0.665. The summed E-state index contributed by atoms with van der Waals surface area (Å²) in [6.07, 6.45) is 2.06. The first-order valence-corrected chi connectivity index (χ1v) is 4.01. The molecular formula is C9H16N2. The van der Waals surface area contributed by atoms with Gasteiger partial charge in [0.2, 0.25) is 0 Å². The molecule has 0 aliphatic carbocycles. The van der Waals surface area contributed by atoms with E-state index in [0.717, 1.165) is 6.54 Å². The fourth-order valence-corrected chi connectivity index (χ4v) is 1.26. The number of nitrogens with one attached hydrogen (secondary N) is 1. The van der Waals surface area contributed by atoms with Gasteiger partial charge in [0, 0.05) is 11.9 Å². The van der Waals surface area contributed by atoms with E-state index in [2.05, 4.69) is 32.0 Å². The van der Waals surface area contributed by atoms with Gasteiger partial charge in [0.1, 0.15) is 0 Å². The topological polar surface area (TPSA) is 41.8 Å². The van der Waals surface area contributed by atoms with Crippen molar-refractivity contribution >= 4 is 0 Å². The molecule has 0 saturated heterocycles. The van der Waals surface area contributed by atoms with Crippen molar-refractivity contribution in [1.82, 2.24) is 4.98 Å². The second kappa shape index (κ2) is 3.09. The number of hydrogen-bond acceptors (Lipinski definition) is 1. The molecule has 0 radical (unpaired) electrons. The van der Waals surface area contributed by atoms with Gasteiger partial charge in [-0.3, -0.25) is 0 Å². The van der Waals surface area contributed by atoms with E-state index >= 15 is 0 Å². The number of aromatic amines is 1. The Kier molecular flexibility index (Phi) is 2.35. The summed E-state index contributed by atoms with van der Waals surface area (Å²) >= 11 is 0. The van der Waals surface area contributed by atoms with Crippen molar-refractivity contribution < 1.29 is 0 Å². The Labute approximate surface area is 67.8 Å². The first-order chi connectivity index (χ1) is 5.16. The number of aromatic nitrogens is 1. The molecule has 0 spiro atoms. The van der Waals surface area contributed by atoms with Gasteiger partial charge >= 0.3 is 0 Å². The predicted molar refractivity (Wildman–Crippen MR) is 47.7 cm³/mol. The molecule has 0 bridgehead atoms. The molecule has 1 atom stereocenters. The van der Waals surface area contributed by atoms with Crippen LogP contribution in [0.15, 0.2) is 6.20 Å². The third kappa shape index (κ3) is 1.46. The van der Waals surface area contributed by atoms with Gasteiger partial charge in [0.25, 0.3) is 0 Å². The standard InChI is InChI=1S/C9H16N2/c1-6(4-10)9-5-11-8(3)7(9)2/h5-6,11H,4,10H2,1-3H3. The lowest BCUT2D eigenvalue weighted by atomic mass is 10.0. The number of aryl methyl sites for hydroxylation is 1. The first kappa shape index (κ1) is 8.34. The summed E-state index contributed by atoms with van der Waals surface area (Å²) in [5.41, 5.74) is 9.52. The zero-order chi connectivity index (χ0) is 8.43. The predicted octanol–water partition coefficient (Wildman–Crippen LogP) is 1.69. The van der Waals surface area contributed by atoms with Gasteiger partial charge in [-0.2, -0.15) is 0 Å². The summed E-state index contributed by atoms with van der Waals surface area (Å²) in [6.45, 7) is 7.09. The van der Waals surface area contributed by atoms with E-state index in [0.29, 0.717) is 5.92 Å². The monoisotopic (exact) mass is 152 g/mol.